The summed E-state index contributed by atoms with van der Waals surface area (Å²) in [6, 6.07) is 3.92. The summed E-state index contributed by atoms with van der Waals surface area (Å²) in [5.74, 6) is 0.0580. The molecule has 0 spiro atoms. The Morgan fingerprint density at radius 2 is 2.04 bits per heavy atom. The zero-order chi connectivity index (χ0) is 17.0. The van der Waals surface area contributed by atoms with Crippen LogP contribution in [0.3, 0.4) is 0 Å². The van der Waals surface area contributed by atoms with Crippen LogP contribution in [0.4, 0.5) is 32.3 Å². The number of halogens is 2. The van der Waals surface area contributed by atoms with Crippen LogP contribution in [0, 0.1) is 5.82 Å². The van der Waals surface area contributed by atoms with E-state index in [4.69, 9.17) is 11.6 Å². The number of nitrogens with one attached hydrogen (secondary N) is 3. The number of anilines is 4. The molecule has 7 nitrogen and oxygen atoms in total. The van der Waals surface area contributed by atoms with Crippen LogP contribution in [0.25, 0.3) is 0 Å². The molecule has 122 valence electrons. The molecular formula is C14H16ClFN6O. The summed E-state index contributed by atoms with van der Waals surface area (Å²) in [6.45, 7) is 0. The van der Waals surface area contributed by atoms with E-state index in [0.717, 1.165) is 0 Å². The first-order chi connectivity index (χ1) is 10.9. The number of amides is 2. The first-order valence-electron chi connectivity index (χ1n) is 6.66. The average molecular weight is 339 g/mol. The van der Waals surface area contributed by atoms with Crippen molar-refractivity contribution in [3.63, 3.8) is 0 Å². The highest BCUT2D eigenvalue weighted by Gasteiger charge is 2.12. The molecule has 0 unspecified atom stereocenters. The molecule has 0 bridgehead atoms. The minimum absolute atomic E-state index is 0.179. The van der Waals surface area contributed by atoms with Crippen LogP contribution in [0.15, 0.2) is 24.4 Å². The summed E-state index contributed by atoms with van der Waals surface area (Å²) in [6.07, 6.45) is 1.43. The molecule has 2 amide bonds. The second-order valence-electron chi connectivity index (χ2n) is 4.78. The van der Waals surface area contributed by atoms with Crippen molar-refractivity contribution in [1.29, 1.82) is 0 Å². The van der Waals surface area contributed by atoms with Gasteiger partial charge in [0.2, 0.25) is 5.95 Å². The third kappa shape index (κ3) is 4.19. The number of hydrogen-bond donors (Lipinski definition) is 3. The van der Waals surface area contributed by atoms with Gasteiger partial charge in [0.05, 0.1) is 11.9 Å². The molecule has 0 aliphatic carbocycles. The molecular weight excluding hydrogens is 323 g/mol. The Morgan fingerprint density at radius 1 is 1.30 bits per heavy atom. The quantitative estimate of drug-likeness (QED) is 0.797. The van der Waals surface area contributed by atoms with Gasteiger partial charge in [-0.3, -0.25) is 0 Å². The molecule has 1 aromatic carbocycles. The highest BCUT2D eigenvalue weighted by atomic mass is 35.5. The van der Waals surface area contributed by atoms with E-state index in [2.05, 4.69) is 25.9 Å². The summed E-state index contributed by atoms with van der Waals surface area (Å²) in [5.41, 5.74) is 0.606. The number of nitrogens with zero attached hydrogens (tertiary/aromatic N) is 3. The molecule has 2 rings (SSSR count). The number of benzene rings is 1. The van der Waals surface area contributed by atoms with Gasteiger partial charge in [0.15, 0.2) is 5.82 Å². The smallest absolute Gasteiger partial charge is 0.321 e. The van der Waals surface area contributed by atoms with Gasteiger partial charge in [-0.15, -0.1) is 0 Å². The number of hydrogen-bond acceptors (Lipinski definition) is 5. The van der Waals surface area contributed by atoms with E-state index < -0.39 is 5.82 Å². The third-order valence-electron chi connectivity index (χ3n) is 2.85. The fourth-order valence-corrected chi connectivity index (χ4v) is 1.82. The minimum Gasteiger partial charge on any atom is -0.371 e. The van der Waals surface area contributed by atoms with Gasteiger partial charge in [-0.2, -0.15) is 4.98 Å². The van der Waals surface area contributed by atoms with Crippen molar-refractivity contribution >= 4 is 40.8 Å². The van der Waals surface area contributed by atoms with Crippen LogP contribution in [0.5, 0.6) is 0 Å². The lowest BCUT2D eigenvalue weighted by atomic mass is 10.3. The molecule has 9 heteroatoms. The van der Waals surface area contributed by atoms with Crippen LogP contribution in [0.2, 0.25) is 5.02 Å². The molecule has 0 aliphatic rings. The minimum atomic E-state index is -0.517. The van der Waals surface area contributed by atoms with Gasteiger partial charge in [0.1, 0.15) is 11.5 Å². The van der Waals surface area contributed by atoms with Crippen molar-refractivity contribution in [3.05, 3.63) is 35.2 Å². The Bertz CT molecular complexity index is 724. The largest absolute Gasteiger partial charge is 0.371 e. The van der Waals surface area contributed by atoms with Crippen LogP contribution in [0.1, 0.15) is 0 Å². The second kappa shape index (κ2) is 7.10. The second-order valence-corrected chi connectivity index (χ2v) is 5.22. The van der Waals surface area contributed by atoms with Crippen molar-refractivity contribution < 1.29 is 9.18 Å². The Labute approximate surface area is 137 Å². The molecule has 23 heavy (non-hydrogen) atoms. The molecule has 0 atom stereocenters. The fourth-order valence-electron chi connectivity index (χ4n) is 1.66. The van der Waals surface area contributed by atoms with Gasteiger partial charge in [0.25, 0.3) is 0 Å². The Balaban J connectivity index is 2.23. The Morgan fingerprint density at radius 3 is 2.65 bits per heavy atom. The Hall–Kier alpha value is -2.61. The normalized spacial score (nSPS) is 10.1. The van der Waals surface area contributed by atoms with E-state index >= 15 is 0 Å². The maximum Gasteiger partial charge on any atom is 0.321 e. The van der Waals surface area contributed by atoms with E-state index in [9.17, 15) is 9.18 Å². The monoisotopic (exact) mass is 338 g/mol. The van der Waals surface area contributed by atoms with Gasteiger partial charge < -0.3 is 20.9 Å². The number of urea groups is 1. The van der Waals surface area contributed by atoms with Gasteiger partial charge in [0, 0.05) is 26.2 Å². The zero-order valence-electron chi connectivity index (χ0n) is 12.8. The predicted octanol–water partition coefficient (Wildman–Crippen LogP) is 3.15. The highest BCUT2D eigenvalue weighted by molar-refractivity contribution is 6.30. The molecule has 0 fully saturated rings. The van der Waals surface area contributed by atoms with E-state index in [-0.39, 0.29) is 17.7 Å². The summed E-state index contributed by atoms with van der Waals surface area (Å²) in [7, 11) is 4.89. The maximum absolute atomic E-state index is 13.8. The molecule has 0 saturated heterocycles. The first-order valence-corrected chi connectivity index (χ1v) is 7.03. The van der Waals surface area contributed by atoms with E-state index in [0.29, 0.717) is 16.5 Å². The maximum atomic E-state index is 13.8. The molecule has 0 aliphatic heterocycles. The molecule has 1 heterocycles. The summed E-state index contributed by atoms with van der Waals surface area (Å²) in [5, 5.41) is 8.56. The number of rotatable bonds is 4. The summed E-state index contributed by atoms with van der Waals surface area (Å²) < 4.78 is 13.8. The lowest BCUT2D eigenvalue weighted by Gasteiger charge is -2.15. The highest BCUT2D eigenvalue weighted by Crippen LogP contribution is 2.24. The number of carbonyl (C=O) groups excluding carboxylic acids is 1. The third-order valence-corrected chi connectivity index (χ3v) is 3.09. The van der Waals surface area contributed by atoms with Crippen molar-refractivity contribution in [1.82, 2.24) is 14.9 Å². The van der Waals surface area contributed by atoms with Crippen molar-refractivity contribution in [2.45, 2.75) is 0 Å². The van der Waals surface area contributed by atoms with Crippen LogP contribution >= 0.6 is 11.6 Å². The molecule has 1 aromatic heterocycles. The number of carbonyl (C=O) groups is 1. The van der Waals surface area contributed by atoms with Gasteiger partial charge >= 0.3 is 6.03 Å². The van der Waals surface area contributed by atoms with Crippen molar-refractivity contribution in [2.24, 2.45) is 0 Å². The first kappa shape index (κ1) is 16.8. The SMILES string of the molecule is CNc1nc(Nc2ccc(Cl)cc2F)ncc1NC(=O)N(C)C. The van der Waals surface area contributed by atoms with E-state index in [1.165, 1.54) is 23.2 Å². The predicted molar refractivity (Wildman–Crippen MR) is 89.0 cm³/mol. The van der Waals surface area contributed by atoms with Gasteiger partial charge in [-0.05, 0) is 18.2 Å². The van der Waals surface area contributed by atoms with Gasteiger partial charge in [-0.25, -0.2) is 14.2 Å². The summed E-state index contributed by atoms with van der Waals surface area (Å²) >= 11 is 5.71. The lowest BCUT2D eigenvalue weighted by molar-refractivity contribution is 0.230. The standard InChI is InChI=1S/C14H16ClFN6O/c1-17-12-11(20-14(23)22(2)3)7-18-13(21-12)19-10-5-4-8(15)6-9(10)16/h4-7H,1-3H3,(H,20,23)(H2,17,18,19,21). The zero-order valence-corrected chi connectivity index (χ0v) is 13.6. The van der Waals surface area contributed by atoms with Crippen LogP contribution in [-0.4, -0.2) is 42.0 Å². The molecule has 0 saturated carbocycles. The lowest BCUT2D eigenvalue weighted by Crippen LogP contribution is -2.27. The fraction of sp³-hybridized carbons (Fsp3) is 0.214. The average Bonchev–Trinajstić information content (AvgIpc) is 2.51. The van der Waals surface area contributed by atoms with Crippen LogP contribution < -0.4 is 16.0 Å². The topological polar surface area (TPSA) is 82.2 Å². The van der Waals surface area contributed by atoms with Crippen LogP contribution in [-0.2, 0) is 0 Å². The van der Waals surface area contributed by atoms with Crippen molar-refractivity contribution in [3.8, 4) is 0 Å². The Kier molecular flexibility index (Phi) is 5.17. The van der Waals surface area contributed by atoms with E-state index in [1.54, 1.807) is 27.2 Å². The summed E-state index contributed by atoms with van der Waals surface area (Å²) in [4.78, 5) is 21.3. The van der Waals surface area contributed by atoms with Crippen molar-refractivity contribution in [2.75, 3.05) is 37.1 Å². The number of aromatic nitrogens is 2. The van der Waals surface area contributed by atoms with Gasteiger partial charge in [-0.1, -0.05) is 11.6 Å². The van der Waals surface area contributed by atoms with E-state index in [1.807, 2.05) is 0 Å². The molecule has 3 N–H and O–H groups in total. The molecule has 2 aromatic rings. The molecule has 0 radical (unpaired) electrons.